The molecule has 1 fully saturated rings. The molecule has 3 aromatic rings. The Morgan fingerprint density at radius 3 is 2.96 bits per heavy atom. The first-order valence-corrected chi connectivity index (χ1v) is 8.94. The molecule has 8 heteroatoms. The van der Waals surface area contributed by atoms with Crippen molar-refractivity contribution in [2.45, 2.75) is 32.2 Å². The summed E-state index contributed by atoms with van der Waals surface area (Å²) in [5.41, 5.74) is 0.730. The SMILES string of the molecule is C[C@@H](Cc1ccco1)NC(=O)C1CCN(c2ccc3nncn3n2)CC1. The van der Waals surface area contributed by atoms with Crippen LogP contribution in [0.3, 0.4) is 0 Å². The Morgan fingerprint density at radius 1 is 1.35 bits per heavy atom. The van der Waals surface area contributed by atoms with E-state index in [4.69, 9.17) is 4.42 Å². The number of hydrogen-bond acceptors (Lipinski definition) is 6. The van der Waals surface area contributed by atoms with Gasteiger partial charge in [-0.25, -0.2) is 0 Å². The summed E-state index contributed by atoms with van der Waals surface area (Å²) in [5, 5.41) is 15.5. The second kappa shape index (κ2) is 7.15. The van der Waals surface area contributed by atoms with E-state index in [0.717, 1.165) is 43.2 Å². The molecule has 1 amide bonds. The summed E-state index contributed by atoms with van der Waals surface area (Å²) in [4.78, 5) is 14.7. The third kappa shape index (κ3) is 3.54. The topological polar surface area (TPSA) is 88.6 Å². The molecular weight excluding hydrogens is 332 g/mol. The largest absolute Gasteiger partial charge is 0.469 e. The van der Waals surface area contributed by atoms with Crippen LogP contribution in [0.2, 0.25) is 0 Å². The number of hydrogen-bond donors (Lipinski definition) is 1. The molecule has 1 aliphatic heterocycles. The number of piperidine rings is 1. The maximum absolute atomic E-state index is 12.5. The molecule has 0 saturated carbocycles. The van der Waals surface area contributed by atoms with Crippen molar-refractivity contribution in [1.29, 1.82) is 0 Å². The summed E-state index contributed by atoms with van der Waals surface area (Å²) in [5.74, 6) is 1.96. The maximum atomic E-state index is 12.5. The van der Waals surface area contributed by atoms with Crippen LogP contribution >= 0.6 is 0 Å². The first-order chi connectivity index (χ1) is 12.7. The van der Waals surface area contributed by atoms with Gasteiger partial charge in [0, 0.05) is 31.5 Å². The predicted octanol–water partition coefficient (Wildman–Crippen LogP) is 1.68. The van der Waals surface area contributed by atoms with E-state index >= 15 is 0 Å². The highest BCUT2D eigenvalue weighted by Crippen LogP contribution is 2.22. The van der Waals surface area contributed by atoms with Gasteiger partial charge in [-0.3, -0.25) is 4.79 Å². The molecule has 1 saturated heterocycles. The lowest BCUT2D eigenvalue weighted by Gasteiger charge is -2.32. The number of amides is 1. The summed E-state index contributed by atoms with van der Waals surface area (Å²) in [6.07, 6.45) is 5.60. The van der Waals surface area contributed by atoms with Crippen LogP contribution in [-0.4, -0.2) is 44.8 Å². The van der Waals surface area contributed by atoms with Gasteiger partial charge in [0.1, 0.15) is 17.9 Å². The van der Waals surface area contributed by atoms with E-state index in [9.17, 15) is 4.79 Å². The number of anilines is 1. The quantitative estimate of drug-likeness (QED) is 0.750. The fourth-order valence-corrected chi connectivity index (χ4v) is 3.40. The van der Waals surface area contributed by atoms with E-state index in [0.29, 0.717) is 6.42 Å². The van der Waals surface area contributed by atoms with Crippen molar-refractivity contribution in [2.75, 3.05) is 18.0 Å². The molecule has 4 rings (SSSR count). The molecule has 1 atom stereocenters. The first-order valence-electron chi connectivity index (χ1n) is 8.94. The van der Waals surface area contributed by atoms with E-state index in [2.05, 4.69) is 25.5 Å². The Hall–Kier alpha value is -2.90. The molecule has 1 N–H and O–H groups in total. The summed E-state index contributed by atoms with van der Waals surface area (Å²) in [6.45, 7) is 3.63. The Bertz CT molecular complexity index is 867. The fraction of sp³-hybridized carbons (Fsp3) is 0.444. The molecule has 0 aromatic carbocycles. The van der Waals surface area contributed by atoms with E-state index in [1.807, 2.05) is 31.2 Å². The Kier molecular flexibility index (Phi) is 4.55. The number of nitrogens with one attached hydrogen (secondary N) is 1. The molecule has 0 unspecified atom stereocenters. The number of aromatic nitrogens is 4. The van der Waals surface area contributed by atoms with E-state index in [-0.39, 0.29) is 17.9 Å². The molecule has 26 heavy (non-hydrogen) atoms. The van der Waals surface area contributed by atoms with Crippen LogP contribution in [-0.2, 0) is 11.2 Å². The molecule has 136 valence electrons. The van der Waals surface area contributed by atoms with Crippen molar-refractivity contribution >= 4 is 17.4 Å². The highest BCUT2D eigenvalue weighted by molar-refractivity contribution is 5.79. The Balaban J connectivity index is 1.30. The molecule has 0 aliphatic carbocycles. The van der Waals surface area contributed by atoms with Crippen molar-refractivity contribution < 1.29 is 9.21 Å². The first kappa shape index (κ1) is 16.6. The van der Waals surface area contributed by atoms with E-state index < -0.39 is 0 Å². The monoisotopic (exact) mass is 354 g/mol. The van der Waals surface area contributed by atoms with Gasteiger partial charge < -0.3 is 14.6 Å². The number of furan rings is 1. The smallest absolute Gasteiger partial charge is 0.223 e. The average Bonchev–Trinajstić information content (AvgIpc) is 3.32. The van der Waals surface area contributed by atoms with Crippen molar-refractivity contribution in [1.82, 2.24) is 25.1 Å². The summed E-state index contributed by atoms with van der Waals surface area (Å²) < 4.78 is 7.01. The summed E-state index contributed by atoms with van der Waals surface area (Å²) >= 11 is 0. The maximum Gasteiger partial charge on any atom is 0.223 e. The fourth-order valence-electron chi connectivity index (χ4n) is 3.40. The molecular formula is C18H22N6O2. The van der Waals surface area contributed by atoms with Gasteiger partial charge in [0.2, 0.25) is 5.91 Å². The molecule has 3 aromatic heterocycles. The van der Waals surface area contributed by atoms with Crippen LogP contribution in [0.5, 0.6) is 0 Å². The van der Waals surface area contributed by atoms with Gasteiger partial charge in [-0.15, -0.1) is 15.3 Å². The van der Waals surface area contributed by atoms with Gasteiger partial charge >= 0.3 is 0 Å². The van der Waals surface area contributed by atoms with Crippen LogP contribution in [0.1, 0.15) is 25.5 Å². The van der Waals surface area contributed by atoms with E-state index in [1.54, 1.807) is 17.1 Å². The molecule has 0 spiro atoms. The third-order valence-corrected chi connectivity index (χ3v) is 4.81. The minimum absolute atomic E-state index is 0.0453. The number of fused-ring (bicyclic) bond motifs is 1. The lowest BCUT2D eigenvalue weighted by atomic mass is 9.95. The van der Waals surface area contributed by atoms with Gasteiger partial charge in [-0.1, -0.05) is 0 Å². The van der Waals surface area contributed by atoms with E-state index in [1.165, 1.54) is 0 Å². The Morgan fingerprint density at radius 2 is 2.19 bits per heavy atom. The highest BCUT2D eigenvalue weighted by atomic mass is 16.3. The highest BCUT2D eigenvalue weighted by Gasteiger charge is 2.26. The van der Waals surface area contributed by atoms with Crippen molar-refractivity contribution in [3.05, 3.63) is 42.6 Å². The lowest BCUT2D eigenvalue weighted by molar-refractivity contribution is -0.126. The predicted molar refractivity (Wildman–Crippen MR) is 95.7 cm³/mol. The van der Waals surface area contributed by atoms with Crippen molar-refractivity contribution in [3.8, 4) is 0 Å². The van der Waals surface area contributed by atoms with Crippen LogP contribution < -0.4 is 10.2 Å². The normalized spacial score (nSPS) is 16.7. The lowest BCUT2D eigenvalue weighted by Crippen LogP contribution is -2.43. The summed E-state index contributed by atoms with van der Waals surface area (Å²) in [6, 6.07) is 7.72. The number of nitrogens with zero attached hydrogens (tertiary/aromatic N) is 5. The van der Waals surface area contributed by atoms with Gasteiger partial charge in [0.05, 0.1) is 6.26 Å². The summed E-state index contributed by atoms with van der Waals surface area (Å²) in [7, 11) is 0. The minimum atomic E-state index is 0.0453. The molecule has 0 bridgehead atoms. The number of rotatable bonds is 5. The molecule has 8 nitrogen and oxygen atoms in total. The zero-order valence-electron chi connectivity index (χ0n) is 14.7. The van der Waals surface area contributed by atoms with Gasteiger partial charge in [-0.05, 0) is 44.0 Å². The van der Waals surface area contributed by atoms with Gasteiger partial charge in [0.25, 0.3) is 0 Å². The van der Waals surface area contributed by atoms with Crippen molar-refractivity contribution in [3.63, 3.8) is 0 Å². The second-order valence-electron chi connectivity index (χ2n) is 6.78. The van der Waals surface area contributed by atoms with Crippen LogP contribution in [0.4, 0.5) is 5.82 Å². The molecule has 1 aliphatic rings. The standard InChI is InChI=1S/C18H22N6O2/c1-13(11-15-3-2-10-26-15)20-18(25)14-6-8-23(9-7-14)17-5-4-16-21-19-12-24(16)22-17/h2-5,10,12-14H,6-9,11H2,1H3,(H,20,25)/t13-/m0/s1. The van der Waals surface area contributed by atoms with Crippen LogP contribution in [0.25, 0.3) is 5.65 Å². The average molecular weight is 354 g/mol. The second-order valence-corrected chi connectivity index (χ2v) is 6.78. The molecule has 0 radical (unpaired) electrons. The van der Waals surface area contributed by atoms with Crippen molar-refractivity contribution in [2.24, 2.45) is 5.92 Å². The number of carbonyl (C=O) groups is 1. The van der Waals surface area contributed by atoms with Gasteiger partial charge in [-0.2, -0.15) is 4.52 Å². The minimum Gasteiger partial charge on any atom is -0.469 e. The Labute approximate surface area is 151 Å². The van der Waals surface area contributed by atoms with Crippen LogP contribution in [0.15, 0.2) is 41.3 Å². The zero-order chi connectivity index (χ0) is 17.9. The number of carbonyl (C=O) groups excluding carboxylic acids is 1. The molecule has 4 heterocycles. The zero-order valence-corrected chi connectivity index (χ0v) is 14.7. The van der Waals surface area contributed by atoms with Crippen LogP contribution in [0, 0.1) is 5.92 Å². The van der Waals surface area contributed by atoms with Gasteiger partial charge in [0.15, 0.2) is 5.65 Å². The third-order valence-electron chi connectivity index (χ3n) is 4.81.